The van der Waals surface area contributed by atoms with Gasteiger partial charge in [0.25, 0.3) is 0 Å². The lowest BCUT2D eigenvalue weighted by Gasteiger charge is -2.41. The average molecular weight is 434 g/mol. The summed E-state index contributed by atoms with van der Waals surface area (Å²) in [6, 6.07) is 1.72. The number of aromatic nitrogens is 5. The minimum absolute atomic E-state index is 0.0561. The summed E-state index contributed by atoms with van der Waals surface area (Å²) in [5, 5.41) is 4.08. The third-order valence-corrected chi connectivity index (χ3v) is 11.4. The van der Waals surface area contributed by atoms with Gasteiger partial charge in [-0.05, 0) is 37.5 Å². The molecule has 0 radical (unpaired) electrons. The highest BCUT2D eigenvalue weighted by atomic mass is 28.4. The zero-order valence-corrected chi connectivity index (χ0v) is 19.7. The van der Waals surface area contributed by atoms with Gasteiger partial charge in [0.05, 0.1) is 6.10 Å². The molecule has 4 heterocycles. The molecule has 0 spiro atoms. The monoisotopic (exact) mass is 433 g/mol. The maximum atomic E-state index is 12.8. The van der Waals surface area contributed by atoms with Crippen LogP contribution in [0.1, 0.15) is 47.3 Å². The van der Waals surface area contributed by atoms with Gasteiger partial charge in [-0.15, -0.1) is 0 Å². The predicted octanol–water partition coefficient (Wildman–Crippen LogP) is 2.68. The Kier molecular flexibility index (Phi) is 5.04. The van der Waals surface area contributed by atoms with Crippen molar-refractivity contribution in [3.63, 3.8) is 0 Å². The summed E-state index contributed by atoms with van der Waals surface area (Å²) < 4.78 is 22.6. The summed E-state index contributed by atoms with van der Waals surface area (Å²) in [6.45, 7) is 15.2. The highest BCUT2D eigenvalue weighted by Gasteiger charge is 2.67. The van der Waals surface area contributed by atoms with E-state index in [1.54, 1.807) is 12.3 Å². The Labute approximate surface area is 177 Å². The Morgan fingerprint density at radius 2 is 2.07 bits per heavy atom. The van der Waals surface area contributed by atoms with Crippen LogP contribution >= 0.6 is 0 Å². The van der Waals surface area contributed by atoms with Crippen molar-refractivity contribution in [2.24, 2.45) is 0 Å². The number of fused-ring (bicyclic) bond motifs is 2. The van der Waals surface area contributed by atoms with Gasteiger partial charge < -0.3 is 13.9 Å². The van der Waals surface area contributed by atoms with Crippen LogP contribution < -0.4 is 5.69 Å². The third-order valence-electron chi connectivity index (χ3n) is 6.97. The molecule has 0 N–H and O–H groups in total. The molecule has 2 aliphatic rings. The molecule has 9 nitrogen and oxygen atoms in total. The lowest BCUT2D eigenvalue weighted by molar-refractivity contribution is -0.208. The van der Waals surface area contributed by atoms with Gasteiger partial charge in [0.2, 0.25) is 0 Å². The Morgan fingerprint density at radius 1 is 1.33 bits per heavy atom. The Morgan fingerprint density at radius 3 is 2.63 bits per heavy atom. The largest absolute Gasteiger partial charge is 0.408 e. The molecule has 2 saturated heterocycles. The van der Waals surface area contributed by atoms with E-state index in [-0.39, 0.29) is 23.4 Å². The molecular formula is C20H31N5O4Si. The fourth-order valence-corrected chi connectivity index (χ4v) is 5.42. The summed E-state index contributed by atoms with van der Waals surface area (Å²) in [5.74, 6) is 0.408. The standard InChI is InChI=1S/C20H31N5O4Si/c1-8-20-13(2)27-15(16(20)29-30(6,7)19(3,4)5)17(28-20)24-10-9-14(23-18(24)26)25-12-21-11-22-25/h9-13,15-17H,8H2,1-7H3/t13-,15-,16+,17-,20+/m1/s1. The fraction of sp³-hybridized carbons (Fsp3) is 0.700. The molecule has 0 aliphatic carbocycles. The lowest BCUT2D eigenvalue weighted by Crippen LogP contribution is -2.52. The summed E-state index contributed by atoms with van der Waals surface area (Å²) >= 11 is 0. The van der Waals surface area contributed by atoms with Gasteiger partial charge >= 0.3 is 5.69 Å². The van der Waals surface area contributed by atoms with Gasteiger partial charge in [-0.25, -0.2) is 14.5 Å². The molecule has 164 valence electrons. The van der Waals surface area contributed by atoms with Crippen LogP contribution in [0.25, 0.3) is 5.82 Å². The fourth-order valence-electron chi connectivity index (χ4n) is 4.10. The minimum atomic E-state index is -2.08. The number of ether oxygens (including phenoxy) is 2. The third kappa shape index (κ3) is 3.17. The van der Waals surface area contributed by atoms with Crippen LogP contribution in [-0.2, 0) is 13.9 Å². The summed E-state index contributed by atoms with van der Waals surface area (Å²) in [5.41, 5.74) is -1.01. The molecule has 0 amide bonds. The molecule has 2 aromatic rings. The molecule has 2 aliphatic heterocycles. The Balaban J connectivity index is 1.68. The number of hydrogen-bond donors (Lipinski definition) is 0. The summed E-state index contributed by atoms with van der Waals surface area (Å²) in [7, 11) is -2.08. The van der Waals surface area contributed by atoms with E-state index in [0.717, 1.165) is 6.42 Å². The molecule has 2 bridgehead atoms. The van der Waals surface area contributed by atoms with E-state index in [0.29, 0.717) is 5.82 Å². The Hall–Kier alpha value is -1.88. The van der Waals surface area contributed by atoms with Crippen molar-refractivity contribution in [1.29, 1.82) is 0 Å². The summed E-state index contributed by atoms with van der Waals surface area (Å²) in [4.78, 5) is 20.9. The molecule has 2 fully saturated rings. The van der Waals surface area contributed by atoms with Gasteiger partial charge in [-0.3, -0.25) is 4.57 Å². The van der Waals surface area contributed by atoms with Crippen LogP contribution in [0.2, 0.25) is 18.1 Å². The number of hydrogen-bond acceptors (Lipinski definition) is 7. The van der Waals surface area contributed by atoms with Gasteiger partial charge in [-0.2, -0.15) is 10.1 Å². The normalized spacial score (nSPS) is 31.4. The van der Waals surface area contributed by atoms with Gasteiger partial charge in [-0.1, -0.05) is 27.7 Å². The second-order valence-electron chi connectivity index (χ2n) is 9.67. The van der Waals surface area contributed by atoms with Crippen LogP contribution in [0.3, 0.4) is 0 Å². The zero-order chi connectivity index (χ0) is 21.9. The predicted molar refractivity (Wildman–Crippen MR) is 113 cm³/mol. The van der Waals surface area contributed by atoms with Crippen LogP contribution in [0.4, 0.5) is 0 Å². The van der Waals surface area contributed by atoms with E-state index in [9.17, 15) is 4.79 Å². The molecule has 4 rings (SSSR count). The van der Waals surface area contributed by atoms with E-state index in [2.05, 4.69) is 55.9 Å². The SMILES string of the molecule is CC[C@]12O[C@@H](n3ccc(-n4cncn4)nc3=O)[C@H](O[C@@H]1C)[C@@H]2O[Si](C)(C)C(C)(C)C. The van der Waals surface area contributed by atoms with Crippen LogP contribution in [0.5, 0.6) is 0 Å². The van der Waals surface area contributed by atoms with Crippen LogP contribution in [-0.4, -0.2) is 56.5 Å². The van der Waals surface area contributed by atoms with Crippen molar-refractivity contribution < 1.29 is 13.9 Å². The molecule has 30 heavy (non-hydrogen) atoms. The molecule has 2 aromatic heterocycles. The molecule has 10 heteroatoms. The first-order valence-corrected chi connectivity index (χ1v) is 13.4. The number of rotatable bonds is 5. The Bertz CT molecular complexity index is 970. The van der Waals surface area contributed by atoms with E-state index in [1.165, 1.54) is 21.9 Å². The first kappa shape index (κ1) is 21.4. The highest BCUT2D eigenvalue weighted by molar-refractivity contribution is 6.74. The molecular weight excluding hydrogens is 402 g/mol. The zero-order valence-electron chi connectivity index (χ0n) is 18.7. The van der Waals surface area contributed by atoms with Gasteiger partial charge in [0.1, 0.15) is 30.5 Å². The van der Waals surface area contributed by atoms with Crippen molar-refractivity contribution in [3.05, 3.63) is 35.4 Å². The van der Waals surface area contributed by atoms with E-state index in [4.69, 9.17) is 13.9 Å². The topological polar surface area (TPSA) is 93.3 Å². The van der Waals surface area contributed by atoms with E-state index < -0.39 is 25.8 Å². The smallest absolute Gasteiger partial charge is 0.351 e. The van der Waals surface area contributed by atoms with Crippen molar-refractivity contribution in [3.8, 4) is 5.82 Å². The molecule has 0 saturated carbocycles. The van der Waals surface area contributed by atoms with Crippen molar-refractivity contribution in [2.45, 2.75) is 89.3 Å². The summed E-state index contributed by atoms with van der Waals surface area (Å²) in [6.07, 6.45) is 4.02. The first-order valence-electron chi connectivity index (χ1n) is 10.5. The first-order chi connectivity index (χ1) is 14.0. The van der Waals surface area contributed by atoms with Crippen molar-refractivity contribution in [1.82, 2.24) is 24.3 Å². The molecule has 5 atom stereocenters. The maximum absolute atomic E-state index is 12.8. The van der Waals surface area contributed by atoms with Crippen molar-refractivity contribution in [2.75, 3.05) is 0 Å². The van der Waals surface area contributed by atoms with Gasteiger partial charge in [0, 0.05) is 6.20 Å². The second kappa shape index (κ2) is 7.08. The van der Waals surface area contributed by atoms with Crippen LogP contribution in [0.15, 0.2) is 29.7 Å². The quantitative estimate of drug-likeness (QED) is 0.669. The van der Waals surface area contributed by atoms with Crippen LogP contribution in [0, 0.1) is 0 Å². The second-order valence-corrected chi connectivity index (χ2v) is 14.4. The van der Waals surface area contributed by atoms with Gasteiger partial charge in [0.15, 0.2) is 20.4 Å². The lowest BCUT2D eigenvalue weighted by atomic mass is 9.91. The highest BCUT2D eigenvalue weighted by Crippen LogP contribution is 2.53. The van der Waals surface area contributed by atoms with E-state index >= 15 is 0 Å². The molecule has 0 unspecified atom stereocenters. The average Bonchev–Trinajstić information content (AvgIpc) is 3.35. The number of nitrogens with zero attached hydrogens (tertiary/aromatic N) is 5. The van der Waals surface area contributed by atoms with Crippen molar-refractivity contribution >= 4 is 8.32 Å². The minimum Gasteiger partial charge on any atom is -0.408 e. The van der Waals surface area contributed by atoms with E-state index in [1.807, 2.05) is 6.92 Å². The molecule has 0 aromatic carbocycles. The maximum Gasteiger partial charge on any atom is 0.351 e.